The SMILES string of the molecule is CCCc1nc(SCC(=O)Nc2ccc(OC(F)(F)F)cc2)c2c(=O)n(C)c(=O)n(C)c2n1. The number of aryl methyl sites for hydroxylation is 2. The molecule has 0 saturated carbocycles. The fraction of sp³-hybridized carbons (Fsp3) is 0.350. The molecule has 0 fully saturated rings. The van der Waals surface area contributed by atoms with Crippen molar-refractivity contribution in [3.05, 3.63) is 50.9 Å². The van der Waals surface area contributed by atoms with E-state index in [1.807, 2.05) is 6.92 Å². The molecule has 0 spiro atoms. The maximum Gasteiger partial charge on any atom is 0.573 e. The Hall–Kier alpha value is -3.35. The maximum absolute atomic E-state index is 12.7. The lowest BCUT2D eigenvalue weighted by atomic mass is 10.3. The summed E-state index contributed by atoms with van der Waals surface area (Å²) < 4.78 is 42.8. The number of hydrogen-bond acceptors (Lipinski definition) is 7. The minimum Gasteiger partial charge on any atom is -0.406 e. The van der Waals surface area contributed by atoms with Crippen LogP contribution in [-0.2, 0) is 25.3 Å². The van der Waals surface area contributed by atoms with Crippen molar-refractivity contribution in [2.45, 2.75) is 31.2 Å². The van der Waals surface area contributed by atoms with Gasteiger partial charge in [0.1, 0.15) is 22.0 Å². The second-order valence-corrected chi connectivity index (χ2v) is 7.97. The molecular formula is C20H20F3N5O4S. The summed E-state index contributed by atoms with van der Waals surface area (Å²) in [6.07, 6.45) is -3.55. The number of alkyl halides is 3. The number of thioether (sulfide) groups is 1. The number of carbonyl (C=O) groups excluding carboxylic acids is 1. The molecule has 0 bridgehead atoms. The van der Waals surface area contributed by atoms with Crippen molar-refractivity contribution in [3.8, 4) is 5.75 Å². The summed E-state index contributed by atoms with van der Waals surface area (Å²) in [5.74, 6) is -0.566. The smallest absolute Gasteiger partial charge is 0.406 e. The van der Waals surface area contributed by atoms with Crippen LogP contribution in [0.5, 0.6) is 5.75 Å². The summed E-state index contributed by atoms with van der Waals surface area (Å²) in [7, 11) is 2.84. The van der Waals surface area contributed by atoms with Crippen LogP contribution in [0.15, 0.2) is 38.9 Å². The fourth-order valence-electron chi connectivity index (χ4n) is 2.98. The molecule has 9 nitrogen and oxygen atoms in total. The van der Waals surface area contributed by atoms with Crippen molar-refractivity contribution in [2.75, 3.05) is 11.1 Å². The van der Waals surface area contributed by atoms with Crippen LogP contribution in [-0.4, -0.2) is 37.1 Å². The van der Waals surface area contributed by atoms with Crippen LogP contribution in [0.3, 0.4) is 0 Å². The zero-order valence-corrected chi connectivity index (χ0v) is 18.7. The summed E-state index contributed by atoms with van der Waals surface area (Å²) in [5.41, 5.74) is -0.642. The summed E-state index contributed by atoms with van der Waals surface area (Å²) in [6.45, 7) is 1.93. The largest absolute Gasteiger partial charge is 0.573 e. The highest BCUT2D eigenvalue weighted by atomic mass is 32.2. The Morgan fingerprint density at radius 3 is 2.39 bits per heavy atom. The Bertz CT molecular complexity index is 1300. The second kappa shape index (κ2) is 9.65. The highest BCUT2D eigenvalue weighted by Gasteiger charge is 2.31. The Labute approximate surface area is 189 Å². The van der Waals surface area contributed by atoms with Gasteiger partial charge in [0.2, 0.25) is 5.91 Å². The molecule has 0 aliphatic rings. The van der Waals surface area contributed by atoms with E-state index in [4.69, 9.17) is 0 Å². The lowest BCUT2D eigenvalue weighted by molar-refractivity contribution is -0.274. The number of hydrogen-bond donors (Lipinski definition) is 1. The fourth-order valence-corrected chi connectivity index (χ4v) is 3.82. The summed E-state index contributed by atoms with van der Waals surface area (Å²) >= 11 is 1.00. The number of rotatable bonds is 7. The Morgan fingerprint density at radius 1 is 1.12 bits per heavy atom. The number of carbonyl (C=O) groups is 1. The van der Waals surface area contributed by atoms with E-state index in [9.17, 15) is 27.6 Å². The highest BCUT2D eigenvalue weighted by molar-refractivity contribution is 8.00. The molecule has 0 unspecified atom stereocenters. The average Bonchev–Trinajstić information content (AvgIpc) is 2.75. The number of fused-ring (bicyclic) bond motifs is 1. The van der Waals surface area contributed by atoms with Gasteiger partial charge in [0, 0.05) is 26.2 Å². The van der Waals surface area contributed by atoms with Crippen molar-refractivity contribution in [1.82, 2.24) is 19.1 Å². The molecule has 176 valence electrons. The third kappa shape index (κ3) is 5.72. The molecule has 2 heterocycles. The van der Waals surface area contributed by atoms with Crippen molar-refractivity contribution in [3.63, 3.8) is 0 Å². The molecule has 2 aromatic heterocycles. The molecule has 0 aliphatic heterocycles. The van der Waals surface area contributed by atoms with Crippen molar-refractivity contribution in [2.24, 2.45) is 14.1 Å². The summed E-state index contributed by atoms with van der Waals surface area (Å²) in [6, 6.07) is 4.70. The van der Waals surface area contributed by atoms with Crippen LogP contribution >= 0.6 is 11.8 Å². The first-order chi connectivity index (χ1) is 15.5. The van der Waals surface area contributed by atoms with Gasteiger partial charge in [0.25, 0.3) is 5.56 Å². The molecule has 33 heavy (non-hydrogen) atoms. The molecule has 3 aromatic rings. The third-order valence-corrected chi connectivity index (χ3v) is 5.47. The molecule has 13 heteroatoms. The molecular weight excluding hydrogens is 463 g/mol. The van der Waals surface area contributed by atoms with E-state index in [0.717, 1.165) is 34.9 Å². The van der Waals surface area contributed by atoms with Crippen LogP contribution in [0.1, 0.15) is 19.2 Å². The summed E-state index contributed by atoms with van der Waals surface area (Å²) in [4.78, 5) is 46.1. The Kier molecular flexibility index (Phi) is 7.10. The lowest BCUT2D eigenvalue weighted by Crippen LogP contribution is -2.38. The monoisotopic (exact) mass is 483 g/mol. The number of benzene rings is 1. The highest BCUT2D eigenvalue weighted by Crippen LogP contribution is 2.25. The van der Waals surface area contributed by atoms with Gasteiger partial charge in [0.05, 0.1) is 5.75 Å². The zero-order chi connectivity index (χ0) is 24.3. The molecule has 0 radical (unpaired) electrons. The second-order valence-electron chi connectivity index (χ2n) is 7.01. The first kappa shape index (κ1) is 24.3. The first-order valence-corrected chi connectivity index (χ1v) is 10.7. The predicted octanol–water partition coefficient (Wildman–Crippen LogP) is 2.61. The van der Waals surface area contributed by atoms with E-state index in [1.165, 1.54) is 30.8 Å². The Morgan fingerprint density at radius 2 is 1.79 bits per heavy atom. The van der Waals surface area contributed by atoms with Gasteiger partial charge >= 0.3 is 12.1 Å². The predicted molar refractivity (Wildman–Crippen MR) is 116 cm³/mol. The van der Waals surface area contributed by atoms with Gasteiger partial charge in [-0.05, 0) is 30.7 Å². The number of nitrogens with zero attached hydrogens (tertiary/aromatic N) is 4. The zero-order valence-electron chi connectivity index (χ0n) is 17.9. The van der Waals surface area contributed by atoms with Gasteiger partial charge in [0.15, 0.2) is 5.65 Å². The van der Waals surface area contributed by atoms with E-state index < -0.39 is 29.3 Å². The molecule has 0 aliphatic carbocycles. The molecule has 3 rings (SSSR count). The lowest BCUT2D eigenvalue weighted by Gasteiger charge is -2.12. The van der Waals surface area contributed by atoms with Gasteiger partial charge in [-0.15, -0.1) is 13.2 Å². The van der Waals surface area contributed by atoms with Crippen molar-refractivity contribution >= 4 is 34.4 Å². The van der Waals surface area contributed by atoms with Crippen LogP contribution in [0.2, 0.25) is 0 Å². The topological polar surface area (TPSA) is 108 Å². The van der Waals surface area contributed by atoms with Crippen LogP contribution in [0.25, 0.3) is 11.0 Å². The van der Waals surface area contributed by atoms with Crippen LogP contribution in [0.4, 0.5) is 18.9 Å². The quantitative estimate of drug-likeness (QED) is 0.407. The van der Waals surface area contributed by atoms with E-state index in [0.29, 0.717) is 12.2 Å². The number of ether oxygens (including phenoxy) is 1. The standard InChI is InChI=1S/C20H20F3N5O4S/c1-4-5-13-25-16-15(18(30)28(3)19(31)27(16)2)17(26-13)33-10-14(29)24-11-6-8-12(9-7-11)32-20(21,22)23/h6-9H,4-5,10H2,1-3H3,(H,24,29). The molecule has 0 atom stereocenters. The van der Waals surface area contributed by atoms with Gasteiger partial charge in [-0.3, -0.25) is 18.7 Å². The summed E-state index contributed by atoms with van der Waals surface area (Å²) in [5, 5.41) is 2.96. The molecule has 1 amide bonds. The Balaban J connectivity index is 1.82. The van der Waals surface area contributed by atoms with Crippen LogP contribution < -0.4 is 21.3 Å². The third-order valence-electron chi connectivity index (χ3n) is 4.50. The van der Waals surface area contributed by atoms with E-state index >= 15 is 0 Å². The van der Waals surface area contributed by atoms with Crippen LogP contribution in [0, 0.1) is 0 Å². The number of aromatic nitrogens is 4. The van der Waals surface area contributed by atoms with Gasteiger partial charge in [-0.25, -0.2) is 14.8 Å². The number of amides is 1. The first-order valence-electron chi connectivity index (χ1n) is 9.75. The van der Waals surface area contributed by atoms with E-state index in [-0.39, 0.29) is 27.5 Å². The number of halogens is 3. The average molecular weight is 483 g/mol. The minimum atomic E-state index is -4.81. The van der Waals surface area contributed by atoms with Crippen molar-refractivity contribution < 1.29 is 22.7 Å². The molecule has 0 saturated heterocycles. The number of anilines is 1. The van der Waals surface area contributed by atoms with Crippen molar-refractivity contribution in [1.29, 1.82) is 0 Å². The van der Waals surface area contributed by atoms with Gasteiger partial charge in [-0.2, -0.15) is 0 Å². The maximum atomic E-state index is 12.7. The van der Waals surface area contributed by atoms with Gasteiger partial charge in [-0.1, -0.05) is 18.7 Å². The van der Waals surface area contributed by atoms with E-state index in [2.05, 4.69) is 20.0 Å². The molecule has 1 N–H and O–H groups in total. The minimum absolute atomic E-state index is 0.130. The molecule has 1 aromatic carbocycles. The normalized spacial score (nSPS) is 11.6. The van der Waals surface area contributed by atoms with E-state index in [1.54, 1.807) is 0 Å². The number of nitrogens with one attached hydrogen (secondary N) is 1. The van der Waals surface area contributed by atoms with Gasteiger partial charge < -0.3 is 10.1 Å².